The summed E-state index contributed by atoms with van der Waals surface area (Å²) < 4.78 is 12.7. The third-order valence-corrected chi connectivity index (χ3v) is 3.97. The monoisotopic (exact) mass is 414 g/mol. The van der Waals surface area contributed by atoms with Gasteiger partial charge in [0.1, 0.15) is 10.7 Å². The Balaban J connectivity index is 2.22. The van der Waals surface area contributed by atoms with Gasteiger partial charge in [-0.1, -0.05) is 11.6 Å². The molecule has 7 nitrogen and oxygen atoms in total. The van der Waals surface area contributed by atoms with E-state index in [-0.39, 0.29) is 5.02 Å². The van der Waals surface area contributed by atoms with E-state index in [0.29, 0.717) is 23.8 Å². The molecule has 0 amide bonds. The van der Waals surface area contributed by atoms with E-state index < -0.39 is 5.56 Å². The predicted octanol–water partition coefficient (Wildman–Crippen LogP) is 3.05. The molecule has 1 aromatic carbocycles. The number of hydrazone groups is 1. The zero-order chi connectivity index (χ0) is 17.7. The Labute approximate surface area is 152 Å². The van der Waals surface area contributed by atoms with Gasteiger partial charge >= 0.3 is 0 Å². The minimum absolute atomic E-state index is 0.0232. The molecule has 0 bridgehead atoms. The minimum Gasteiger partial charge on any atom is -0.493 e. The summed E-state index contributed by atoms with van der Waals surface area (Å²) in [5.74, 6) is 1.21. The molecule has 0 aliphatic rings. The van der Waals surface area contributed by atoms with Crippen LogP contribution in [0, 0.1) is 0 Å². The number of aryl methyl sites for hydroxylation is 1. The fourth-order valence-electron chi connectivity index (χ4n) is 1.86. The highest BCUT2D eigenvalue weighted by molar-refractivity contribution is 9.10. The Hall–Kier alpha value is -2.06. The number of ether oxygens (including phenoxy) is 2. The number of rotatable bonds is 6. The van der Waals surface area contributed by atoms with Gasteiger partial charge in [-0.25, -0.2) is 4.68 Å². The summed E-state index contributed by atoms with van der Waals surface area (Å²) >= 11 is 9.40. The minimum atomic E-state index is -0.401. The fourth-order valence-corrected chi connectivity index (χ4v) is 2.65. The molecule has 0 spiro atoms. The summed E-state index contributed by atoms with van der Waals surface area (Å²) in [5.41, 5.74) is 3.39. The Kier molecular flexibility index (Phi) is 6.22. The molecule has 0 fully saturated rings. The van der Waals surface area contributed by atoms with Crippen molar-refractivity contribution in [2.45, 2.75) is 6.92 Å². The van der Waals surface area contributed by atoms with Crippen LogP contribution in [0.3, 0.4) is 0 Å². The van der Waals surface area contributed by atoms with Gasteiger partial charge in [0.05, 0.1) is 30.6 Å². The molecule has 9 heteroatoms. The van der Waals surface area contributed by atoms with Crippen molar-refractivity contribution in [1.82, 2.24) is 9.78 Å². The number of methoxy groups -OCH3 is 1. The second-order valence-electron chi connectivity index (χ2n) is 4.64. The van der Waals surface area contributed by atoms with Crippen LogP contribution in [-0.4, -0.2) is 29.7 Å². The van der Waals surface area contributed by atoms with E-state index in [4.69, 9.17) is 21.1 Å². The number of hydrogen-bond donors (Lipinski definition) is 1. The standard InChI is InChI=1S/C15H16BrClN4O3/c1-4-24-14-10(16)5-9(6-12(14)23-3)7-18-20-11-8-19-21(2)15(22)13(11)17/h5-8,20H,4H2,1-3H3/b18-7-. The van der Waals surface area contributed by atoms with Crippen molar-refractivity contribution >= 4 is 39.4 Å². The molecule has 2 aromatic rings. The lowest BCUT2D eigenvalue weighted by molar-refractivity contribution is 0.309. The fraction of sp³-hybridized carbons (Fsp3) is 0.267. The highest BCUT2D eigenvalue weighted by atomic mass is 79.9. The summed E-state index contributed by atoms with van der Waals surface area (Å²) in [6, 6.07) is 3.62. The Bertz CT molecular complexity index is 823. The second kappa shape index (κ2) is 8.16. The SMILES string of the molecule is CCOc1c(Br)cc(/C=N\Nc2cnn(C)c(=O)c2Cl)cc1OC. The number of aromatic nitrogens is 2. The normalized spacial score (nSPS) is 10.9. The van der Waals surface area contributed by atoms with Crippen LogP contribution in [0.25, 0.3) is 0 Å². The predicted molar refractivity (Wildman–Crippen MR) is 97.6 cm³/mol. The molecule has 1 heterocycles. The Morgan fingerprint density at radius 3 is 2.92 bits per heavy atom. The van der Waals surface area contributed by atoms with E-state index in [0.717, 1.165) is 14.7 Å². The lowest BCUT2D eigenvalue weighted by Crippen LogP contribution is -2.20. The van der Waals surface area contributed by atoms with Crippen LogP contribution in [0.4, 0.5) is 5.69 Å². The summed E-state index contributed by atoms with van der Waals surface area (Å²) in [6.07, 6.45) is 2.99. The topological polar surface area (TPSA) is 77.7 Å². The molecule has 0 aliphatic heterocycles. The third-order valence-electron chi connectivity index (χ3n) is 3.02. The summed E-state index contributed by atoms with van der Waals surface area (Å²) in [4.78, 5) is 11.7. The maximum atomic E-state index is 11.7. The molecule has 1 aromatic heterocycles. The van der Waals surface area contributed by atoms with E-state index in [1.807, 2.05) is 13.0 Å². The molecule has 0 radical (unpaired) electrons. The van der Waals surface area contributed by atoms with Crippen LogP contribution in [0.15, 0.2) is 32.7 Å². The van der Waals surface area contributed by atoms with Crippen LogP contribution >= 0.6 is 27.5 Å². The van der Waals surface area contributed by atoms with E-state index in [2.05, 4.69) is 31.6 Å². The Morgan fingerprint density at radius 2 is 2.25 bits per heavy atom. The van der Waals surface area contributed by atoms with Gasteiger partial charge in [-0.2, -0.15) is 10.2 Å². The van der Waals surface area contributed by atoms with Gasteiger partial charge in [-0.05, 0) is 40.5 Å². The smallest absolute Gasteiger partial charge is 0.287 e. The number of anilines is 1. The lowest BCUT2D eigenvalue weighted by atomic mass is 10.2. The van der Waals surface area contributed by atoms with Crippen molar-refractivity contribution < 1.29 is 9.47 Å². The first-order valence-electron chi connectivity index (χ1n) is 6.99. The van der Waals surface area contributed by atoms with Gasteiger partial charge in [0.15, 0.2) is 11.5 Å². The first-order valence-corrected chi connectivity index (χ1v) is 8.16. The van der Waals surface area contributed by atoms with Gasteiger partial charge < -0.3 is 9.47 Å². The number of halogens is 2. The molecular formula is C15H16BrClN4O3. The maximum absolute atomic E-state index is 11.7. The van der Waals surface area contributed by atoms with Crippen LogP contribution in [-0.2, 0) is 7.05 Å². The zero-order valence-corrected chi connectivity index (χ0v) is 15.7. The number of nitrogens with one attached hydrogen (secondary N) is 1. The van der Waals surface area contributed by atoms with Gasteiger partial charge in [0.2, 0.25) is 0 Å². The number of hydrogen-bond acceptors (Lipinski definition) is 6. The van der Waals surface area contributed by atoms with Crippen LogP contribution in [0.2, 0.25) is 5.02 Å². The second-order valence-corrected chi connectivity index (χ2v) is 5.87. The van der Waals surface area contributed by atoms with Crippen molar-refractivity contribution in [3.05, 3.63) is 43.7 Å². The Morgan fingerprint density at radius 1 is 1.50 bits per heavy atom. The molecule has 1 N–H and O–H groups in total. The van der Waals surface area contributed by atoms with Crippen molar-refractivity contribution in [2.75, 3.05) is 19.1 Å². The third kappa shape index (κ3) is 4.07. The van der Waals surface area contributed by atoms with Gasteiger partial charge in [-0.3, -0.25) is 10.2 Å². The van der Waals surface area contributed by atoms with Crippen molar-refractivity contribution in [2.24, 2.45) is 12.1 Å². The molecular weight excluding hydrogens is 400 g/mol. The molecule has 0 saturated heterocycles. The molecule has 0 aliphatic carbocycles. The van der Waals surface area contributed by atoms with E-state index in [9.17, 15) is 4.79 Å². The highest BCUT2D eigenvalue weighted by Gasteiger charge is 2.10. The quantitative estimate of drug-likeness (QED) is 0.579. The van der Waals surface area contributed by atoms with Gasteiger partial charge in [0.25, 0.3) is 5.56 Å². The summed E-state index contributed by atoms with van der Waals surface area (Å²) in [7, 11) is 3.08. The average Bonchev–Trinajstić information content (AvgIpc) is 2.57. The summed E-state index contributed by atoms with van der Waals surface area (Å²) in [5, 5.41) is 7.97. The number of nitrogens with zero attached hydrogens (tertiary/aromatic N) is 3. The first kappa shape index (κ1) is 18.3. The molecule has 0 unspecified atom stereocenters. The first-order chi connectivity index (χ1) is 11.5. The van der Waals surface area contributed by atoms with Crippen molar-refractivity contribution in [1.29, 1.82) is 0 Å². The maximum Gasteiger partial charge on any atom is 0.287 e. The zero-order valence-electron chi connectivity index (χ0n) is 13.3. The van der Waals surface area contributed by atoms with Crippen molar-refractivity contribution in [3.63, 3.8) is 0 Å². The van der Waals surface area contributed by atoms with Gasteiger partial charge in [0, 0.05) is 7.05 Å². The molecule has 24 heavy (non-hydrogen) atoms. The highest BCUT2D eigenvalue weighted by Crippen LogP contribution is 2.36. The van der Waals surface area contributed by atoms with Crippen LogP contribution in [0.1, 0.15) is 12.5 Å². The molecule has 128 valence electrons. The van der Waals surface area contributed by atoms with E-state index >= 15 is 0 Å². The lowest BCUT2D eigenvalue weighted by Gasteiger charge is -2.12. The molecule has 0 atom stereocenters. The number of benzene rings is 1. The van der Waals surface area contributed by atoms with Crippen molar-refractivity contribution in [3.8, 4) is 11.5 Å². The largest absolute Gasteiger partial charge is 0.493 e. The van der Waals surface area contributed by atoms with Gasteiger partial charge in [-0.15, -0.1) is 0 Å². The molecule has 0 saturated carbocycles. The van der Waals surface area contributed by atoms with Crippen LogP contribution < -0.4 is 20.5 Å². The summed E-state index contributed by atoms with van der Waals surface area (Å²) in [6.45, 7) is 2.42. The van der Waals surface area contributed by atoms with E-state index in [1.165, 1.54) is 13.2 Å². The van der Waals surface area contributed by atoms with E-state index in [1.54, 1.807) is 19.4 Å². The van der Waals surface area contributed by atoms with Crippen LogP contribution in [0.5, 0.6) is 11.5 Å². The molecule has 2 rings (SSSR count). The average molecular weight is 416 g/mol.